The SMILES string of the molecule is CCOC(=O)COc1c(Cl)cc(-c2nc(N)nc(N)c2C#N)cc1OC. The summed E-state index contributed by atoms with van der Waals surface area (Å²) in [7, 11) is 1.40. The Morgan fingerprint density at radius 1 is 1.35 bits per heavy atom. The van der Waals surface area contributed by atoms with Gasteiger partial charge in [0.05, 0.1) is 24.4 Å². The number of nitriles is 1. The van der Waals surface area contributed by atoms with Gasteiger partial charge in [0.1, 0.15) is 17.5 Å². The molecule has 1 aromatic carbocycles. The van der Waals surface area contributed by atoms with E-state index in [-0.39, 0.29) is 52.8 Å². The van der Waals surface area contributed by atoms with Crippen molar-refractivity contribution in [2.45, 2.75) is 6.92 Å². The molecule has 0 aliphatic carbocycles. The summed E-state index contributed by atoms with van der Waals surface area (Å²) in [5.74, 6) is -0.296. The van der Waals surface area contributed by atoms with Crippen LogP contribution in [-0.4, -0.2) is 36.3 Å². The molecule has 0 saturated heterocycles. The standard InChI is InChI=1S/C16H16ClN5O4/c1-3-25-12(23)7-26-14-10(17)4-8(5-11(14)24-2)13-9(6-18)15(19)22-16(20)21-13/h4-5H,3,7H2,1-2H3,(H4,19,20,21,22). The second-order valence-electron chi connectivity index (χ2n) is 4.89. The molecule has 0 radical (unpaired) electrons. The van der Waals surface area contributed by atoms with E-state index in [1.807, 2.05) is 6.07 Å². The van der Waals surface area contributed by atoms with Crippen molar-refractivity contribution in [2.75, 3.05) is 31.8 Å². The van der Waals surface area contributed by atoms with E-state index in [0.717, 1.165) is 0 Å². The first-order valence-corrected chi connectivity index (χ1v) is 7.78. The number of benzene rings is 1. The van der Waals surface area contributed by atoms with Crippen molar-refractivity contribution in [2.24, 2.45) is 0 Å². The van der Waals surface area contributed by atoms with Crippen LogP contribution in [0.3, 0.4) is 0 Å². The van der Waals surface area contributed by atoms with Crippen molar-refractivity contribution in [3.63, 3.8) is 0 Å². The van der Waals surface area contributed by atoms with Crippen LogP contribution in [0.1, 0.15) is 12.5 Å². The highest BCUT2D eigenvalue weighted by atomic mass is 35.5. The van der Waals surface area contributed by atoms with E-state index in [0.29, 0.717) is 5.56 Å². The summed E-state index contributed by atoms with van der Waals surface area (Å²) in [6.07, 6.45) is 0. The Bertz CT molecular complexity index is 882. The van der Waals surface area contributed by atoms with Gasteiger partial charge in [-0.05, 0) is 19.1 Å². The molecule has 0 aliphatic rings. The van der Waals surface area contributed by atoms with Crippen molar-refractivity contribution in [3.8, 4) is 28.8 Å². The second kappa shape index (κ2) is 8.22. The first kappa shape index (κ1) is 19.1. The van der Waals surface area contributed by atoms with Gasteiger partial charge in [0.15, 0.2) is 18.1 Å². The average Bonchev–Trinajstić information content (AvgIpc) is 2.59. The lowest BCUT2D eigenvalue weighted by molar-refractivity contribution is -0.145. The van der Waals surface area contributed by atoms with Gasteiger partial charge in [-0.25, -0.2) is 9.78 Å². The van der Waals surface area contributed by atoms with Crippen LogP contribution in [0.15, 0.2) is 12.1 Å². The summed E-state index contributed by atoms with van der Waals surface area (Å²) in [4.78, 5) is 19.3. The third-order valence-electron chi connectivity index (χ3n) is 3.21. The fraction of sp³-hybridized carbons (Fsp3) is 0.250. The molecule has 0 aliphatic heterocycles. The van der Waals surface area contributed by atoms with Crippen LogP contribution in [0.2, 0.25) is 5.02 Å². The number of anilines is 2. The summed E-state index contributed by atoms with van der Waals surface area (Å²) in [6, 6.07) is 4.96. The van der Waals surface area contributed by atoms with Gasteiger partial charge in [0.25, 0.3) is 0 Å². The van der Waals surface area contributed by atoms with Crippen LogP contribution < -0.4 is 20.9 Å². The number of carbonyl (C=O) groups is 1. The average molecular weight is 378 g/mol. The van der Waals surface area contributed by atoms with Gasteiger partial charge < -0.3 is 25.7 Å². The van der Waals surface area contributed by atoms with Crippen LogP contribution in [0.25, 0.3) is 11.3 Å². The minimum absolute atomic E-state index is 0.0484. The number of carbonyl (C=O) groups excluding carboxylic acids is 1. The molecule has 0 amide bonds. The molecule has 0 spiro atoms. The van der Waals surface area contributed by atoms with E-state index in [1.165, 1.54) is 19.2 Å². The van der Waals surface area contributed by atoms with Gasteiger partial charge in [-0.1, -0.05) is 11.6 Å². The molecular weight excluding hydrogens is 362 g/mol. The van der Waals surface area contributed by atoms with E-state index in [9.17, 15) is 10.1 Å². The molecule has 0 unspecified atom stereocenters. The first-order valence-electron chi connectivity index (χ1n) is 7.40. The molecule has 136 valence electrons. The molecule has 0 fully saturated rings. The zero-order chi connectivity index (χ0) is 19.3. The van der Waals surface area contributed by atoms with Gasteiger partial charge in [-0.3, -0.25) is 0 Å². The molecule has 10 heteroatoms. The number of nitrogen functional groups attached to an aromatic ring is 2. The first-order chi connectivity index (χ1) is 12.4. The Labute approximate surface area is 154 Å². The number of hydrogen-bond acceptors (Lipinski definition) is 9. The highest BCUT2D eigenvalue weighted by Crippen LogP contribution is 2.40. The highest BCUT2D eigenvalue weighted by Gasteiger charge is 2.19. The van der Waals surface area contributed by atoms with Crippen LogP contribution in [0.4, 0.5) is 11.8 Å². The Morgan fingerprint density at radius 3 is 2.69 bits per heavy atom. The highest BCUT2D eigenvalue weighted by molar-refractivity contribution is 6.32. The quantitative estimate of drug-likeness (QED) is 0.718. The number of halogens is 1. The number of methoxy groups -OCH3 is 1. The lowest BCUT2D eigenvalue weighted by atomic mass is 10.1. The fourth-order valence-corrected chi connectivity index (χ4v) is 2.41. The number of rotatable bonds is 6. The molecule has 2 rings (SSSR count). The summed E-state index contributed by atoms with van der Waals surface area (Å²) in [5.41, 5.74) is 12.0. The number of nitrogens with zero attached hydrogens (tertiary/aromatic N) is 3. The number of esters is 1. The minimum Gasteiger partial charge on any atom is -0.493 e. The van der Waals surface area contributed by atoms with Crippen LogP contribution >= 0.6 is 11.6 Å². The molecule has 26 heavy (non-hydrogen) atoms. The summed E-state index contributed by atoms with van der Waals surface area (Å²) < 4.78 is 15.5. The van der Waals surface area contributed by atoms with Gasteiger partial charge in [0.2, 0.25) is 5.95 Å². The van der Waals surface area contributed by atoms with Crippen molar-refractivity contribution in [1.29, 1.82) is 5.26 Å². The van der Waals surface area contributed by atoms with E-state index < -0.39 is 5.97 Å². The minimum atomic E-state index is -0.544. The normalized spacial score (nSPS) is 10.1. The molecule has 0 saturated carbocycles. The molecule has 2 aromatic rings. The van der Waals surface area contributed by atoms with Gasteiger partial charge in [-0.2, -0.15) is 10.2 Å². The summed E-state index contributed by atoms with van der Waals surface area (Å²) in [5, 5.41) is 9.45. The van der Waals surface area contributed by atoms with Crippen LogP contribution in [0.5, 0.6) is 11.5 Å². The predicted octanol–water partition coefficient (Wildman–Crippen LogP) is 1.78. The largest absolute Gasteiger partial charge is 0.493 e. The van der Waals surface area contributed by atoms with Crippen molar-refractivity contribution >= 4 is 29.3 Å². The molecule has 1 aromatic heterocycles. The lowest BCUT2D eigenvalue weighted by Gasteiger charge is -2.14. The van der Waals surface area contributed by atoms with Crippen molar-refractivity contribution in [3.05, 3.63) is 22.7 Å². The number of ether oxygens (including phenoxy) is 3. The smallest absolute Gasteiger partial charge is 0.344 e. The molecule has 4 N–H and O–H groups in total. The van der Waals surface area contributed by atoms with Gasteiger partial charge in [0, 0.05) is 5.56 Å². The van der Waals surface area contributed by atoms with E-state index in [1.54, 1.807) is 6.92 Å². The van der Waals surface area contributed by atoms with Crippen LogP contribution in [-0.2, 0) is 9.53 Å². The van der Waals surface area contributed by atoms with E-state index >= 15 is 0 Å². The number of nitrogens with two attached hydrogens (primary N) is 2. The Morgan fingerprint density at radius 2 is 2.08 bits per heavy atom. The number of hydrogen-bond donors (Lipinski definition) is 2. The Balaban J connectivity index is 2.47. The molecule has 1 heterocycles. The molecular formula is C16H16ClN5O4. The summed E-state index contributed by atoms with van der Waals surface area (Å²) in [6.45, 7) is 1.59. The van der Waals surface area contributed by atoms with Crippen LogP contribution in [0, 0.1) is 11.3 Å². The second-order valence-corrected chi connectivity index (χ2v) is 5.29. The van der Waals surface area contributed by atoms with Gasteiger partial charge >= 0.3 is 5.97 Å². The van der Waals surface area contributed by atoms with Crippen molar-refractivity contribution < 1.29 is 19.0 Å². The maximum atomic E-state index is 11.5. The third kappa shape index (κ3) is 4.04. The van der Waals surface area contributed by atoms with E-state index in [4.69, 9.17) is 37.3 Å². The van der Waals surface area contributed by atoms with Gasteiger partial charge in [-0.15, -0.1) is 0 Å². The molecule has 0 atom stereocenters. The maximum absolute atomic E-state index is 11.5. The van der Waals surface area contributed by atoms with E-state index in [2.05, 4.69) is 9.97 Å². The van der Waals surface area contributed by atoms with Crippen molar-refractivity contribution in [1.82, 2.24) is 9.97 Å². The monoisotopic (exact) mass is 377 g/mol. The Kier molecular flexibility index (Phi) is 6.03. The topological polar surface area (TPSA) is 146 Å². The zero-order valence-corrected chi connectivity index (χ0v) is 14.8. The molecule has 9 nitrogen and oxygen atoms in total. The zero-order valence-electron chi connectivity index (χ0n) is 14.1. The fourth-order valence-electron chi connectivity index (χ4n) is 2.15. The number of aromatic nitrogens is 2. The molecule has 0 bridgehead atoms. The predicted molar refractivity (Wildman–Crippen MR) is 94.7 cm³/mol. The lowest BCUT2D eigenvalue weighted by Crippen LogP contribution is -2.15. The third-order valence-corrected chi connectivity index (χ3v) is 3.49. The summed E-state index contributed by atoms with van der Waals surface area (Å²) >= 11 is 6.25. The Hall–Kier alpha value is -3.25. The maximum Gasteiger partial charge on any atom is 0.344 e.